The average Bonchev–Trinajstić information content (AvgIpc) is 3.58. The maximum absolute atomic E-state index is 15.5. The first-order valence-corrected chi connectivity index (χ1v) is 11.5. The van der Waals surface area contributed by atoms with Crippen molar-refractivity contribution >= 4 is 16.5 Å². The fourth-order valence-corrected chi connectivity index (χ4v) is 4.63. The van der Waals surface area contributed by atoms with Gasteiger partial charge in [-0.25, -0.2) is 9.37 Å². The normalized spacial score (nSPS) is 15.2. The average molecular weight is 462 g/mol. The van der Waals surface area contributed by atoms with Gasteiger partial charge in [0.05, 0.1) is 11.9 Å². The quantitative estimate of drug-likeness (QED) is 0.328. The fraction of sp³-hybridized carbons (Fsp3) is 0.308. The molecule has 2 aromatic heterocycles. The summed E-state index contributed by atoms with van der Waals surface area (Å²) in [7, 11) is 0. The van der Waals surface area contributed by atoms with Crippen LogP contribution in [0.2, 0.25) is 0 Å². The van der Waals surface area contributed by atoms with Crippen LogP contribution in [0, 0.1) is 11.7 Å². The lowest BCUT2D eigenvalue weighted by molar-refractivity contribution is 0.194. The molecule has 0 spiro atoms. The van der Waals surface area contributed by atoms with E-state index in [9.17, 15) is 10.2 Å². The molecule has 3 heterocycles. The first-order chi connectivity index (χ1) is 16.5. The molecule has 0 saturated heterocycles. The maximum atomic E-state index is 15.5. The molecule has 0 fully saturated rings. The van der Waals surface area contributed by atoms with E-state index in [4.69, 9.17) is 0 Å². The Bertz CT molecular complexity index is 1370. The Morgan fingerprint density at radius 2 is 2.03 bits per heavy atom. The summed E-state index contributed by atoms with van der Waals surface area (Å²) < 4.78 is 15.5. The van der Waals surface area contributed by atoms with E-state index < -0.39 is 5.82 Å². The molecule has 0 amide bonds. The molecule has 0 saturated carbocycles. The fourth-order valence-electron chi connectivity index (χ4n) is 4.63. The van der Waals surface area contributed by atoms with Crippen LogP contribution in [0.3, 0.4) is 0 Å². The van der Waals surface area contributed by atoms with Gasteiger partial charge in [-0.2, -0.15) is 5.10 Å². The van der Waals surface area contributed by atoms with Crippen LogP contribution >= 0.6 is 0 Å². The lowest BCUT2D eigenvalue weighted by atomic mass is 9.96. The second-order valence-corrected chi connectivity index (χ2v) is 8.97. The molecule has 5 rings (SSSR count). The lowest BCUT2D eigenvalue weighted by Gasteiger charge is -2.19. The van der Waals surface area contributed by atoms with Crippen LogP contribution in [-0.4, -0.2) is 61.5 Å². The van der Waals surface area contributed by atoms with Gasteiger partial charge in [0.2, 0.25) is 0 Å². The topological polar surface area (TPSA) is 101 Å². The molecule has 4 N–H and O–H groups in total. The van der Waals surface area contributed by atoms with Crippen molar-refractivity contribution in [3.8, 4) is 28.4 Å². The Kier molecular flexibility index (Phi) is 5.93. The summed E-state index contributed by atoms with van der Waals surface area (Å²) in [6.07, 6.45) is 4.64. The third kappa shape index (κ3) is 3.99. The number of hydrogen-bond donors (Lipinski definition) is 4. The molecule has 176 valence electrons. The second-order valence-electron chi connectivity index (χ2n) is 8.97. The number of imidazole rings is 1. The number of phenols is 1. The lowest BCUT2D eigenvalue weighted by Crippen LogP contribution is -2.28. The van der Waals surface area contributed by atoms with Gasteiger partial charge in [0.15, 0.2) is 11.6 Å². The summed E-state index contributed by atoms with van der Waals surface area (Å²) >= 11 is 0. The van der Waals surface area contributed by atoms with Gasteiger partial charge in [-0.1, -0.05) is 32.1 Å². The third-order valence-corrected chi connectivity index (χ3v) is 6.45. The van der Waals surface area contributed by atoms with Crippen LogP contribution < -0.4 is 0 Å². The van der Waals surface area contributed by atoms with Crippen molar-refractivity contribution in [3.63, 3.8) is 0 Å². The molecule has 1 atom stereocenters. The number of aryl methyl sites for hydroxylation is 1. The number of aromatic amines is 2. The number of phenolic OH excluding ortho intramolecular Hbond substituents is 1. The largest absolute Gasteiger partial charge is 0.508 e. The number of aliphatic hydroxyl groups is 1. The summed E-state index contributed by atoms with van der Waals surface area (Å²) in [5, 5.41) is 27.0. The number of nitrogens with zero attached hydrogens (tertiary/aromatic N) is 3. The molecule has 2 aromatic carbocycles. The highest BCUT2D eigenvalue weighted by Gasteiger charge is 2.21. The first kappa shape index (κ1) is 22.3. The molecule has 0 aliphatic carbocycles. The molecule has 7 nitrogen and oxygen atoms in total. The predicted octanol–water partition coefficient (Wildman–Crippen LogP) is 4.35. The zero-order valence-corrected chi connectivity index (χ0v) is 19.3. The number of rotatable bonds is 7. The van der Waals surface area contributed by atoms with E-state index in [-0.39, 0.29) is 23.8 Å². The summed E-state index contributed by atoms with van der Waals surface area (Å²) in [6.45, 7) is 6.65. The van der Waals surface area contributed by atoms with E-state index in [0.29, 0.717) is 28.9 Å². The van der Waals surface area contributed by atoms with Gasteiger partial charge in [-0.15, -0.1) is 0 Å². The van der Waals surface area contributed by atoms with Gasteiger partial charge in [-0.05, 0) is 47.2 Å². The number of nitrogens with one attached hydrogen (secondary N) is 2. The maximum Gasteiger partial charge on any atom is 0.159 e. The number of benzene rings is 2. The Labute approximate surface area is 197 Å². The van der Waals surface area contributed by atoms with Gasteiger partial charge in [0.1, 0.15) is 17.0 Å². The van der Waals surface area contributed by atoms with Crippen LogP contribution in [0.1, 0.15) is 25.1 Å². The molecule has 1 aliphatic rings. The zero-order valence-electron chi connectivity index (χ0n) is 19.3. The van der Waals surface area contributed by atoms with Crippen molar-refractivity contribution in [1.82, 2.24) is 25.1 Å². The van der Waals surface area contributed by atoms with Gasteiger partial charge >= 0.3 is 0 Å². The molecule has 0 unspecified atom stereocenters. The van der Waals surface area contributed by atoms with Crippen molar-refractivity contribution in [2.75, 3.05) is 26.2 Å². The Morgan fingerprint density at radius 3 is 2.82 bits per heavy atom. The zero-order chi connectivity index (χ0) is 23.8. The second kappa shape index (κ2) is 9.04. The minimum absolute atomic E-state index is 0.168. The van der Waals surface area contributed by atoms with E-state index in [0.717, 1.165) is 42.0 Å². The smallest absolute Gasteiger partial charge is 0.159 e. The highest BCUT2D eigenvalue weighted by molar-refractivity contribution is 5.95. The monoisotopic (exact) mass is 461 g/mol. The molecular formula is C26H28FN5O2. The van der Waals surface area contributed by atoms with Crippen LogP contribution in [0.15, 0.2) is 42.6 Å². The van der Waals surface area contributed by atoms with Crippen molar-refractivity contribution in [2.45, 2.75) is 20.3 Å². The molecule has 0 radical (unpaired) electrons. The Balaban J connectivity index is 1.43. The number of aliphatic hydroxyl groups excluding tert-OH is 1. The first-order valence-electron chi connectivity index (χ1n) is 11.5. The number of halogens is 1. The molecular weight excluding hydrogens is 433 g/mol. The van der Waals surface area contributed by atoms with Crippen LogP contribution in [0.5, 0.6) is 5.75 Å². The van der Waals surface area contributed by atoms with Crippen molar-refractivity contribution in [2.24, 2.45) is 5.92 Å². The van der Waals surface area contributed by atoms with Crippen molar-refractivity contribution in [1.29, 1.82) is 0 Å². The summed E-state index contributed by atoms with van der Waals surface area (Å²) in [6, 6.07) is 8.59. The number of aromatic nitrogens is 4. The summed E-state index contributed by atoms with van der Waals surface area (Å²) in [5.41, 5.74) is 5.04. The molecule has 4 aromatic rings. The number of H-pyrrole nitrogens is 2. The molecule has 1 aliphatic heterocycles. The van der Waals surface area contributed by atoms with Gasteiger partial charge < -0.3 is 15.2 Å². The van der Waals surface area contributed by atoms with Gasteiger partial charge in [-0.3, -0.25) is 10.00 Å². The highest BCUT2D eigenvalue weighted by Crippen LogP contribution is 2.35. The van der Waals surface area contributed by atoms with Crippen molar-refractivity contribution in [3.05, 3.63) is 59.7 Å². The molecule has 8 heteroatoms. The highest BCUT2D eigenvalue weighted by atomic mass is 19.1. The number of fused-ring (bicyclic) bond motifs is 1. The number of aromatic hydroxyl groups is 1. The molecule has 0 bridgehead atoms. The van der Waals surface area contributed by atoms with E-state index in [2.05, 4.69) is 31.1 Å². The van der Waals surface area contributed by atoms with E-state index in [1.54, 1.807) is 30.5 Å². The van der Waals surface area contributed by atoms with Gasteiger partial charge in [0, 0.05) is 37.2 Å². The van der Waals surface area contributed by atoms with Crippen LogP contribution in [-0.2, 0) is 6.42 Å². The SMILES string of the molecule is CCc1cc(O)ccc1-c1ccc2c(-c3ncc(C4=CCN(C[C@H](C)CO)C4)[nH]3)[nH]nc2c1F. The third-order valence-electron chi connectivity index (χ3n) is 6.45. The minimum Gasteiger partial charge on any atom is -0.508 e. The van der Waals surface area contributed by atoms with Crippen molar-refractivity contribution < 1.29 is 14.6 Å². The Hall–Kier alpha value is -3.49. The minimum atomic E-state index is -0.403. The summed E-state index contributed by atoms with van der Waals surface area (Å²) in [4.78, 5) is 10.2. The van der Waals surface area contributed by atoms with Gasteiger partial charge in [0.25, 0.3) is 0 Å². The molecule has 34 heavy (non-hydrogen) atoms. The van der Waals surface area contributed by atoms with E-state index in [1.807, 2.05) is 19.9 Å². The predicted molar refractivity (Wildman–Crippen MR) is 131 cm³/mol. The van der Waals surface area contributed by atoms with Crippen LogP contribution in [0.25, 0.3) is 39.1 Å². The number of hydrogen-bond acceptors (Lipinski definition) is 5. The summed E-state index contributed by atoms with van der Waals surface area (Å²) in [5.74, 6) is 0.600. The standard InChI is InChI=1S/C26H28FN5O2/c1-3-16-10-18(34)4-5-19(16)20-6-7-21-24(23(20)27)30-31-25(21)26-28-11-22(29-26)17-8-9-32(13-17)12-15(2)14-33/h4-8,10-11,15,33-34H,3,9,12-14H2,1-2H3,(H,28,29)(H,30,31)/t15-/m0/s1. The van der Waals surface area contributed by atoms with E-state index in [1.165, 1.54) is 0 Å². The van der Waals surface area contributed by atoms with Crippen LogP contribution in [0.4, 0.5) is 4.39 Å². The van der Waals surface area contributed by atoms with E-state index >= 15 is 4.39 Å². The Morgan fingerprint density at radius 1 is 1.21 bits per heavy atom.